The second-order valence-electron chi connectivity index (χ2n) is 6.82. The summed E-state index contributed by atoms with van der Waals surface area (Å²) in [6.45, 7) is 2.12. The number of carbonyl (C=O) groups is 2. The molecule has 1 aromatic heterocycles. The Kier molecular flexibility index (Phi) is 4.91. The second-order valence-corrected chi connectivity index (χ2v) is 7.85. The molecule has 1 N–H and O–H groups in total. The van der Waals surface area contributed by atoms with Crippen LogP contribution in [0.4, 0.5) is 19.6 Å². The highest BCUT2D eigenvalue weighted by Gasteiger charge is 2.36. The first kappa shape index (κ1) is 19.3. The molecule has 0 saturated carbocycles. The zero-order chi connectivity index (χ0) is 20.7. The van der Waals surface area contributed by atoms with E-state index >= 15 is 0 Å². The van der Waals surface area contributed by atoms with Gasteiger partial charge in [-0.1, -0.05) is 17.4 Å². The minimum absolute atomic E-state index is 0.0527. The van der Waals surface area contributed by atoms with Gasteiger partial charge in [0.1, 0.15) is 5.75 Å². The molecule has 1 fully saturated rings. The molecule has 3 aromatic rings. The van der Waals surface area contributed by atoms with Crippen molar-refractivity contribution in [3.63, 3.8) is 0 Å². The first-order valence-electron chi connectivity index (χ1n) is 8.87. The Labute approximate surface area is 169 Å². The molecule has 1 saturated heterocycles. The quantitative estimate of drug-likeness (QED) is 0.699. The number of thiazole rings is 1. The Bertz CT molecular complexity index is 1090. The standard InChI is InChI=1S/C20H17F2N3O3S/c1-10-3-4-16(28-2)15(5-10)25-9-11(6-18(25)26)19(27)24-20-23-14-7-12(21)13(22)8-17(14)29-20/h3-5,7-8,11H,6,9H2,1-2H3,(H,23,24,27). The minimum Gasteiger partial charge on any atom is -0.495 e. The molecule has 0 bridgehead atoms. The topological polar surface area (TPSA) is 71.5 Å². The van der Waals surface area contributed by atoms with Crippen LogP contribution < -0.4 is 15.0 Å². The lowest BCUT2D eigenvalue weighted by Crippen LogP contribution is -2.28. The van der Waals surface area contributed by atoms with Crippen molar-refractivity contribution in [2.24, 2.45) is 5.92 Å². The van der Waals surface area contributed by atoms with E-state index in [1.54, 1.807) is 11.0 Å². The number of amides is 2. The number of nitrogens with zero attached hydrogens (tertiary/aromatic N) is 2. The molecule has 0 spiro atoms. The number of benzene rings is 2. The number of hydrogen-bond acceptors (Lipinski definition) is 5. The minimum atomic E-state index is -0.996. The predicted octanol–water partition coefficient (Wildman–Crippen LogP) is 3.88. The fraction of sp³-hybridized carbons (Fsp3) is 0.250. The van der Waals surface area contributed by atoms with Crippen molar-refractivity contribution < 1.29 is 23.1 Å². The van der Waals surface area contributed by atoms with Crippen LogP contribution in [0.15, 0.2) is 30.3 Å². The van der Waals surface area contributed by atoms with Gasteiger partial charge in [0.15, 0.2) is 16.8 Å². The number of nitrogens with one attached hydrogen (secondary N) is 1. The Balaban J connectivity index is 1.52. The smallest absolute Gasteiger partial charge is 0.231 e. The van der Waals surface area contributed by atoms with Crippen LogP contribution in [0.5, 0.6) is 5.75 Å². The Morgan fingerprint density at radius 1 is 1.28 bits per heavy atom. The molecule has 1 atom stereocenters. The number of carbonyl (C=O) groups excluding carboxylic acids is 2. The zero-order valence-corrected chi connectivity index (χ0v) is 16.5. The summed E-state index contributed by atoms with van der Waals surface area (Å²) in [5.74, 6) is -2.53. The highest BCUT2D eigenvalue weighted by Crippen LogP contribution is 2.35. The van der Waals surface area contributed by atoms with Gasteiger partial charge in [0.2, 0.25) is 11.8 Å². The molecule has 2 heterocycles. The van der Waals surface area contributed by atoms with Crippen molar-refractivity contribution in [2.45, 2.75) is 13.3 Å². The van der Waals surface area contributed by atoms with Gasteiger partial charge < -0.3 is 15.0 Å². The van der Waals surface area contributed by atoms with E-state index in [0.29, 0.717) is 16.1 Å². The lowest BCUT2D eigenvalue weighted by molar-refractivity contribution is -0.122. The van der Waals surface area contributed by atoms with Gasteiger partial charge in [-0.05, 0) is 30.7 Å². The molecule has 29 heavy (non-hydrogen) atoms. The van der Waals surface area contributed by atoms with Crippen LogP contribution in [-0.2, 0) is 9.59 Å². The van der Waals surface area contributed by atoms with Crippen LogP contribution in [0.1, 0.15) is 12.0 Å². The molecule has 4 rings (SSSR count). The van der Waals surface area contributed by atoms with Crippen molar-refractivity contribution in [1.82, 2.24) is 4.98 Å². The van der Waals surface area contributed by atoms with Crippen LogP contribution >= 0.6 is 11.3 Å². The number of fused-ring (bicyclic) bond motifs is 1. The third-order valence-corrected chi connectivity index (χ3v) is 5.72. The molecule has 1 aliphatic heterocycles. The van der Waals surface area contributed by atoms with Gasteiger partial charge in [0.05, 0.1) is 28.9 Å². The number of ether oxygens (including phenoxy) is 1. The van der Waals surface area contributed by atoms with Gasteiger partial charge in [0.25, 0.3) is 0 Å². The lowest BCUT2D eigenvalue weighted by Gasteiger charge is -2.20. The second kappa shape index (κ2) is 7.40. The Hall–Kier alpha value is -3.07. The molecule has 6 nitrogen and oxygen atoms in total. The maximum Gasteiger partial charge on any atom is 0.231 e. The molecule has 150 valence electrons. The fourth-order valence-corrected chi connectivity index (χ4v) is 4.19. The molecular formula is C20H17F2N3O3S. The summed E-state index contributed by atoms with van der Waals surface area (Å²) in [6, 6.07) is 7.54. The Morgan fingerprint density at radius 3 is 2.79 bits per heavy atom. The average molecular weight is 417 g/mol. The number of halogens is 2. The molecule has 2 aromatic carbocycles. The predicted molar refractivity (Wildman–Crippen MR) is 106 cm³/mol. The summed E-state index contributed by atoms with van der Waals surface area (Å²) in [7, 11) is 1.53. The summed E-state index contributed by atoms with van der Waals surface area (Å²) in [5, 5.41) is 2.89. The molecule has 0 aliphatic carbocycles. The average Bonchev–Trinajstić information content (AvgIpc) is 3.24. The first-order valence-corrected chi connectivity index (χ1v) is 9.69. The van der Waals surface area contributed by atoms with Crippen LogP contribution in [0.3, 0.4) is 0 Å². The third-order valence-electron chi connectivity index (χ3n) is 4.78. The maximum atomic E-state index is 13.4. The van der Waals surface area contributed by atoms with Crippen LogP contribution in [0.2, 0.25) is 0 Å². The van der Waals surface area contributed by atoms with Crippen molar-refractivity contribution in [3.8, 4) is 5.75 Å². The lowest BCUT2D eigenvalue weighted by atomic mass is 10.1. The van der Waals surface area contributed by atoms with E-state index in [2.05, 4.69) is 10.3 Å². The summed E-state index contributed by atoms with van der Waals surface area (Å²) in [6.07, 6.45) is 0.0527. The van der Waals surface area contributed by atoms with Gasteiger partial charge in [-0.3, -0.25) is 9.59 Å². The van der Waals surface area contributed by atoms with E-state index in [4.69, 9.17) is 4.74 Å². The van der Waals surface area contributed by atoms with Gasteiger partial charge in [0, 0.05) is 19.0 Å². The van der Waals surface area contributed by atoms with E-state index in [1.807, 2.05) is 19.1 Å². The molecule has 2 amide bonds. The highest BCUT2D eigenvalue weighted by molar-refractivity contribution is 7.22. The van der Waals surface area contributed by atoms with E-state index in [0.717, 1.165) is 29.0 Å². The fourth-order valence-electron chi connectivity index (χ4n) is 3.31. The number of anilines is 2. The van der Waals surface area contributed by atoms with Gasteiger partial charge in [-0.25, -0.2) is 13.8 Å². The Morgan fingerprint density at radius 2 is 2.03 bits per heavy atom. The third kappa shape index (κ3) is 3.65. The number of aromatic nitrogens is 1. The van der Waals surface area contributed by atoms with Crippen molar-refractivity contribution in [1.29, 1.82) is 0 Å². The van der Waals surface area contributed by atoms with Crippen LogP contribution in [0, 0.1) is 24.5 Å². The van der Waals surface area contributed by atoms with Gasteiger partial charge >= 0.3 is 0 Å². The van der Waals surface area contributed by atoms with E-state index in [9.17, 15) is 18.4 Å². The summed E-state index contributed by atoms with van der Waals surface area (Å²) in [4.78, 5) is 30.9. The molecule has 1 unspecified atom stereocenters. The van der Waals surface area contributed by atoms with E-state index in [-0.39, 0.29) is 35.4 Å². The molecule has 0 radical (unpaired) electrons. The van der Waals surface area contributed by atoms with Crippen LogP contribution in [0.25, 0.3) is 10.2 Å². The molecular weight excluding hydrogens is 400 g/mol. The normalized spacial score (nSPS) is 16.5. The van der Waals surface area contributed by atoms with Crippen molar-refractivity contribution >= 4 is 44.2 Å². The summed E-state index contributed by atoms with van der Waals surface area (Å²) < 4.78 is 32.5. The summed E-state index contributed by atoms with van der Waals surface area (Å²) >= 11 is 1.05. The van der Waals surface area contributed by atoms with E-state index < -0.39 is 17.6 Å². The van der Waals surface area contributed by atoms with Crippen LogP contribution in [-0.4, -0.2) is 30.5 Å². The monoisotopic (exact) mass is 417 g/mol. The van der Waals surface area contributed by atoms with Gasteiger partial charge in [-0.15, -0.1) is 0 Å². The van der Waals surface area contributed by atoms with Crippen molar-refractivity contribution in [2.75, 3.05) is 23.9 Å². The number of rotatable bonds is 4. The SMILES string of the molecule is COc1ccc(C)cc1N1CC(C(=O)Nc2nc3cc(F)c(F)cc3s2)CC1=O. The van der Waals surface area contributed by atoms with Crippen molar-refractivity contribution in [3.05, 3.63) is 47.5 Å². The molecule has 1 aliphatic rings. The largest absolute Gasteiger partial charge is 0.495 e. The molecule has 9 heteroatoms. The van der Waals surface area contributed by atoms with E-state index in [1.165, 1.54) is 7.11 Å². The maximum absolute atomic E-state index is 13.4. The summed E-state index contributed by atoms with van der Waals surface area (Å²) in [5.41, 5.74) is 1.85. The number of aryl methyl sites for hydroxylation is 1. The number of methoxy groups -OCH3 is 1. The first-order chi connectivity index (χ1) is 13.9. The zero-order valence-electron chi connectivity index (χ0n) is 15.7. The van der Waals surface area contributed by atoms with Gasteiger partial charge in [-0.2, -0.15) is 0 Å². The number of hydrogen-bond donors (Lipinski definition) is 1. The highest BCUT2D eigenvalue weighted by atomic mass is 32.1.